The van der Waals surface area contributed by atoms with Crippen molar-refractivity contribution in [2.24, 2.45) is 11.8 Å². The van der Waals surface area contributed by atoms with Gasteiger partial charge < -0.3 is 10.0 Å². The van der Waals surface area contributed by atoms with Crippen LogP contribution in [0.4, 0.5) is 0 Å². The number of rotatable bonds is 3. The van der Waals surface area contributed by atoms with Crippen LogP contribution >= 0.6 is 0 Å². The summed E-state index contributed by atoms with van der Waals surface area (Å²) < 4.78 is 0. The van der Waals surface area contributed by atoms with E-state index in [2.05, 4.69) is 11.8 Å². The summed E-state index contributed by atoms with van der Waals surface area (Å²) in [5.74, 6) is -0.182. The fourth-order valence-electron chi connectivity index (χ4n) is 1.92. The number of hydrogen-bond acceptors (Lipinski definition) is 2. The van der Waals surface area contributed by atoms with Gasteiger partial charge in [-0.25, -0.2) is 0 Å². The Morgan fingerprint density at radius 3 is 2.92 bits per heavy atom. The van der Waals surface area contributed by atoms with Gasteiger partial charge in [0.1, 0.15) is 0 Å². The molecule has 2 atom stereocenters. The van der Waals surface area contributed by atoms with E-state index in [1.807, 2.05) is 0 Å². The number of piperidine rings is 1. The highest BCUT2D eigenvalue weighted by Crippen LogP contribution is 2.16. The second kappa shape index (κ2) is 4.61. The molecule has 1 aliphatic rings. The van der Waals surface area contributed by atoms with E-state index in [-0.39, 0.29) is 5.92 Å². The van der Waals surface area contributed by atoms with Crippen molar-refractivity contribution < 1.29 is 9.90 Å². The van der Waals surface area contributed by atoms with E-state index < -0.39 is 5.97 Å². The zero-order chi connectivity index (χ0) is 9.84. The molecular formula is C10H19NO2. The molecule has 76 valence electrons. The van der Waals surface area contributed by atoms with E-state index in [0.717, 1.165) is 19.0 Å². The molecule has 0 aliphatic carbocycles. The molecule has 3 nitrogen and oxygen atoms in total. The van der Waals surface area contributed by atoms with Crippen molar-refractivity contribution in [2.75, 3.05) is 19.6 Å². The summed E-state index contributed by atoms with van der Waals surface area (Å²) in [5.41, 5.74) is 0. The summed E-state index contributed by atoms with van der Waals surface area (Å²) in [5, 5.41) is 8.75. The Morgan fingerprint density at radius 2 is 2.38 bits per heavy atom. The summed E-state index contributed by atoms with van der Waals surface area (Å²) in [6.07, 6.45) is 2.51. The van der Waals surface area contributed by atoms with Gasteiger partial charge in [0.25, 0.3) is 0 Å². The second-order valence-electron chi connectivity index (χ2n) is 4.25. The number of hydrogen-bond donors (Lipinski definition) is 1. The molecule has 0 aromatic heterocycles. The van der Waals surface area contributed by atoms with Gasteiger partial charge in [-0.05, 0) is 25.3 Å². The number of nitrogens with zero attached hydrogens (tertiary/aromatic N) is 1. The third-order valence-electron chi connectivity index (χ3n) is 2.69. The fourth-order valence-corrected chi connectivity index (χ4v) is 1.92. The molecule has 3 heteroatoms. The van der Waals surface area contributed by atoms with Crippen LogP contribution in [-0.2, 0) is 4.79 Å². The van der Waals surface area contributed by atoms with Crippen molar-refractivity contribution >= 4 is 5.97 Å². The summed E-state index contributed by atoms with van der Waals surface area (Å²) in [6, 6.07) is 0. The maximum absolute atomic E-state index is 10.6. The molecule has 0 aromatic rings. The Bertz CT molecular complexity index is 182. The first-order chi connectivity index (χ1) is 6.09. The quantitative estimate of drug-likeness (QED) is 0.723. The van der Waals surface area contributed by atoms with Crippen LogP contribution < -0.4 is 0 Å². The third-order valence-corrected chi connectivity index (χ3v) is 2.69. The monoisotopic (exact) mass is 185 g/mol. The predicted molar refractivity (Wildman–Crippen MR) is 51.6 cm³/mol. The largest absolute Gasteiger partial charge is 0.481 e. The minimum atomic E-state index is -0.682. The SMILES string of the molecule is C[C@@H]1CCCN(C[C@@H](C)C(=O)O)C1. The molecule has 0 amide bonds. The lowest BCUT2D eigenvalue weighted by Crippen LogP contribution is -2.38. The van der Waals surface area contributed by atoms with Gasteiger partial charge >= 0.3 is 5.97 Å². The van der Waals surface area contributed by atoms with Crippen molar-refractivity contribution in [2.45, 2.75) is 26.7 Å². The molecular weight excluding hydrogens is 166 g/mol. The topological polar surface area (TPSA) is 40.5 Å². The molecule has 1 saturated heterocycles. The van der Waals surface area contributed by atoms with Gasteiger partial charge in [0.2, 0.25) is 0 Å². The standard InChI is InChI=1S/C10H19NO2/c1-8-4-3-5-11(6-8)7-9(2)10(12)13/h8-9H,3-7H2,1-2H3,(H,12,13)/t8-,9-/m1/s1. The van der Waals surface area contributed by atoms with E-state index in [4.69, 9.17) is 5.11 Å². The lowest BCUT2D eigenvalue weighted by molar-refractivity contribution is -0.141. The van der Waals surface area contributed by atoms with Gasteiger partial charge in [-0.3, -0.25) is 4.79 Å². The number of aliphatic carboxylic acids is 1. The minimum absolute atomic E-state index is 0.231. The van der Waals surface area contributed by atoms with E-state index in [1.165, 1.54) is 12.8 Å². The maximum Gasteiger partial charge on any atom is 0.307 e. The Balaban J connectivity index is 2.31. The average Bonchev–Trinajstić information content (AvgIpc) is 2.04. The number of carbonyl (C=O) groups is 1. The first-order valence-electron chi connectivity index (χ1n) is 5.04. The Morgan fingerprint density at radius 1 is 1.69 bits per heavy atom. The van der Waals surface area contributed by atoms with Gasteiger partial charge in [-0.2, -0.15) is 0 Å². The number of carboxylic acids is 1. The number of likely N-dealkylation sites (tertiary alicyclic amines) is 1. The van der Waals surface area contributed by atoms with E-state index in [1.54, 1.807) is 6.92 Å². The van der Waals surface area contributed by atoms with Crippen LogP contribution in [0.5, 0.6) is 0 Å². The van der Waals surface area contributed by atoms with Gasteiger partial charge in [0.15, 0.2) is 0 Å². The third kappa shape index (κ3) is 3.35. The van der Waals surface area contributed by atoms with Gasteiger partial charge in [0, 0.05) is 13.1 Å². The molecule has 0 radical (unpaired) electrons. The van der Waals surface area contributed by atoms with E-state index in [9.17, 15) is 4.79 Å². The molecule has 1 fully saturated rings. The highest BCUT2D eigenvalue weighted by atomic mass is 16.4. The summed E-state index contributed by atoms with van der Waals surface area (Å²) in [7, 11) is 0. The molecule has 0 bridgehead atoms. The van der Waals surface area contributed by atoms with Crippen LogP contribution in [-0.4, -0.2) is 35.6 Å². The normalized spacial score (nSPS) is 27.1. The molecule has 1 aliphatic heterocycles. The molecule has 1 N–H and O–H groups in total. The minimum Gasteiger partial charge on any atom is -0.481 e. The van der Waals surface area contributed by atoms with E-state index >= 15 is 0 Å². The first kappa shape index (κ1) is 10.5. The van der Waals surface area contributed by atoms with Gasteiger partial charge in [-0.1, -0.05) is 13.8 Å². The average molecular weight is 185 g/mol. The highest BCUT2D eigenvalue weighted by molar-refractivity contribution is 5.69. The Labute approximate surface area is 79.7 Å². The van der Waals surface area contributed by atoms with Crippen LogP contribution in [0.1, 0.15) is 26.7 Å². The summed E-state index contributed by atoms with van der Waals surface area (Å²) in [4.78, 5) is 12.9. The summed E-state index contributed by atoms with van der Waals surface area (Å²) in [6.45, 7) is 6.86. The first-order valence-corrected chi connectivity index (χ1v) is 5.04. The lowest BCUT2D eigenvalue weighted by Gasteiger charge is -2.31. The molecule has 0 aromatic carbocycles. The zero-order valence-corrected chi connectivity index (χ0v) is 8.49. The van der Waals surface area contributed by atoms with Gasteiger partial charge in [-0.15, -0.1) is 0 Å². The molecule has 0 spiro atoms. The molecule has 1 heterocycles. The summed E-state index contributed by atoms with van der Waals surface area (Å²) >= 11 is 0. The van der Waals surface area contributed by atoms with Crippen molar-refractivity contribution in [3.05, 3.63) is 0 Å². The van der Waals surface area contributed by atoms with Crippen molar-refractivity contribution in [1.29, 1.82) is 0 Å². The van der Waals surface area contributed by atoms with Gasteiger partial charge in [0.05, 0.1) is 5.92 Å². The maximum atomic E-state index is 10.6. The fraction of sp³-hybridized carbons (Fsp3) is 0.900. The Kier molecular flexibility index (Phi) is 3.72. The molecule has 0 unspecified atom stereocenters. The van der Waals surface area contributed by atoms with Crippen LogP contribution in [0.15, 0.2) is 0 Å². The number of carboxylic acid groups (broad SMARTS) is 1. The lowest BCUT2D eigenvalue weighted by atomic mass is 9.99. The molecule has 1 rings (SSSR count). The van der Waals surface area contributed by atoms with Crippen LogP contribution in [0.3, 0.4) is 0 Å². The Hall–Kier alpha value is -0.570. The smallest absolute Gasteiger partial charge is 0.307 e. The predicted octanol–water partition coefficient (Wildman–Crippen LogP) is 1.44. The second-order valence-corrected chi connectivity index (χ2v) is 4.25. The van der Waals surface area contributed by atoms with Crippen molar-refractivity contribution in [3.8, 4) is 0 Å². The zero-order valence-electron chi connectivity index (χ0n) is 8.49. The van der Waals surface area contributed by atoms with Crippen molar-refractivity contribution in [3.63, 3.8) is 0 Å². The van der Waals surface area contributed by atoms with Crippen LogP contribution in [0.2, 0.25) is 0 Å². The van der Waals surface area contributed by atoms with Crippen LogP contribution in [0, 0.1) is 11.8 Å². The van der Waals surface area contributed by atoms with Crippen molar-refractivity contribution in [1.82, 2.24) is 4.90 Å². The van der Waals surface area contributed by atoms with Crippen LogP contribution in [0.25, 0.3) is 0 Å². The molecule has 0 saturated carbocycles. The highest BCUT2D eigenvalue weighted by Gasteiger charge is 2.20. The molecule has 13 heavy (non-hydrogen) atoms. The van der Waals surface area contributed by atoms with E-state index in [0.29, 0.717) is 6.54 Å².